The van der Waals surface area contributed by atoms with Gasteiger partial charge in [0.1, 0.15) is 11.5 Å². The lowest BCUT2D eigenvalue weighted by Gasteiger charge is -2.19. The van der Waals surface area contributed by atoms with Gasteiger partial charge in [-0.25, -0.2) is 0 Å². The van der Waals surface area contributed by atoms with Gasteiger partial charge in [0, 0.05) is 13.1 Å². The lowest BCUT2D eigenvalue weighted by atomic mass is 9.99. The quantitative estimate of drug-likeness (QED) is 0.518. The minimum Gasteiger partial charge on any atom is -0.507 e. The number of aryl methyl sites for hydroxylation is 1. The van der Waals surface area contributed by atoms with Crippen molar-refractivity contribution in [2.45, 2.75) is 20.0 Å². The van der Waals surface area contributed by atoms with Gasteiger partial charge < -0.3 is 19.3 Å². The van der Waals surface area contributed by atoms with Gasteiger partial charge in [-0.3, -0.25) is 9.69 Å². The van der Waals surface area contributed by atoms with Crippen LogP contribution in [0.5, 0.6) is 23.0 Å². The minimum absolute atomic E-state index is 0.117. The molecular weight excluding hydrogens is 418 g/mol. The second-order valence-electron chi connectivity index (χ2n) is 8.11. The number of phenolic OH excluding ortho intramolecular Hbond substituents is 1. The Morgan fingerprint density at radius 1 is 1.00 bits per heavy atom. The van der Waals surface area contributed by atoms with Crippen LogP contribution in [0.25, 0.3) is 6.08 Å². The van der Waals surface area contributed by atoms with E-state index in [1.807, 2.05) is 31.3 Å². The number of ether oxygens (including phenoxy) is 3. The number of carbonyl (C=O) groups excluding carboxylic acids is 1. The van der Waals surface area contributed by atoms with Gasteiger partial charge in [0.15, 0.2) is 17.3 Å². The van der Waals surface area contributed by atoms with E-state index in [0.717, 1.165) is 11.1 Å². The number of benzene rings is 3. The van der Waals surface area contributed by atoms with Gasteiger partial charge in [-0.1, -0.05) is 36.4 Å². The molecule has 33 heavy (non-hydrogen) atoms. The van der Waals surface area contributed by atoms with Crippen molar-refractivity contribution < 1.29 is 24.1 Å². The summed E-state index contributed by atoms with van der Waals surface area (Å²) in [5, 5.41) is 10.7. The number of fused-ring (bicyclic) bond motifs is 1. The zero-order chi connectivity index (χ0) is 23.5. The smallest absolute Gasteiger partial charge is 0.232 e. The van der Waals surface area contributed by atoms with Gasteiger partial charge in [0.25, 0.3) is 0 Å². The monoisotopic (exact) mass is 445 g/mol. The molecule has 0 saturated carbocycles. The summed E-state index contributed by atoms with van der Waals surface area (Å²) in [5.41, 5.74) is 3.67. The Labute approximate surface area is 193 Å². The van der Waals surface area contributed by atoms with Crippen molar-refractivity contribution >= 4 is 11.9 Å². The first-order valence-electron chi connectivity index (χ1n) is 10.7. The van der Waals surface area contributed by atoms with Crippen LogP contribution in [-0.2, 0) is 13.1 Å². The lowest BCUT2D eigenvalue weighted by Crippen LogP contribution is -2.17. The van der Waals surface area contributed by atoms with Crippen molar-refractivity contribution in [3.05, 3.63) is 88.2 Å². The van der Waals surface area contributed by atoms with E-state index in [-0.39, 0.29) is 17.3 Å². The van der Waals surface area contributed by atoms with Crippen molar-refractivity contribution in [1.82, 2.24) is 4.90 Å². The summed E-state index contributed by atoms with van der Waals surface area (Å²) in [6, 6.07) is 17.1. The fraction of sp³-hybridized carbons (Fsp3) is 0.222. The average molecular weight is 446 g/mol. The summed E-state index contributed by atoms with van der Waals surface area (Å²) in [6.45, 7) is 2.93. The number of Topliss-reactive ketones (excluding diaryl/α,β-unsaturated/α-hetero) is 1. The number of carbonyl (C=O) groups is 1. The molecule has 0 bridgehead atoms. The number of aromatic hydroxyl groups is 1. The molecule has 0 aliphatic carbocycles. The molecule has 0 fully saturated rings. The molecule has 3 aromatic rings. The maximum absolute atomic E-state index is 13.2. The summed E-state index contributed by atoms with van der Waals surface area (Å²) in [4.78, 5) is 15.3. The van der Waals surface area contributed by atoms with E-state index in [1.165, 1.54) is 0 Å². The first-order valence-corrected chi connectivity index (χ1v) is 10.7. The van der Waals surface area contributed by atoms with Crippen LogP contribution in [-0.4, -0.2) is 37.1 Å². The number of methoxy groups -OCH3 is 2. The summed E-state index contributed by atoms with van der Waals surface area (Å²) in [6.07, 6.45) is 1.68. The number of hydrogen-bond donors (Lipinski definition) is 1. The summed E-state index contributed by atoms with van der Waals surface area (Å²) in [7, 11) is 5.10. The Balaban J connectivity index is 1.65. The van der Waals surface area contributed by atoms with Crippen LogP contribution in [0, 0.1) is 6.92 Å². The second kappa shape index (κ2) is 9.38. The highest BCUT2D eigenvalue weighted by Crippen LogP contribution is 2.42. The van der Waals surface area contributed by atoms with Crippen LogP contribution in [0.2, 0.25) is 0 Å². The van der Waals surface area contributed by atoms with Crippen molar-refractivity contribution in [3.8, 4) is 23.0 Å². The fourth-order valence-corrected chi connectivity index (χ4v) is 4.05. The normalized spacial score (nSPS) is 13.8. The number of allylic oxidation sites excluding steroid dienone is 1. The van der Waals surface area contributed by atoms with Gasteiger partial charge in [0.2, 0.25) is 5.78 Å². The van der Waals surface area contributed by atoms with E-state index in [2.05, 4.69) is 17.0 Å². The third kappa shape index (κ3) is 4.56. The highest BCUT2D eigenvalue weighted by molar-refractivity contribution is 6.15. The van der Waals surface area contributed by atoms with Crippen LogP contribution in [0.1, 0.15) is 32.6 Å². The number of hydrogen-bond acceptors (Lipinski definition) is 6. The molecular formula is C27H27NO5. The van der Waals surface area contributed by atoms with Gasteiger partial charge in [-0.15, -0.1) is 0 Å². The highest BCUT2D eigenvalue weighted by atomic mass is 16.5. The van der Waals surface area contributed by atoms with E-state index < -0.39 is 0 Å². The molecule has 3 aromatic carbocycles. The zero-order valence-corrected chi connectivity index (χ0v) is 19.2. The predicted octanol–water partition coefficient (Wildman–Crippen LogP) is 4.97. The molecule has 0 saturated heterocycles. The van der Waals surface area contributed by atoms with Crippen molar-refractivity contribution in [3.63, 3.8) is 0 Å². The lowest BCUT2D eigenvalue weighted by molar-refractivity contribution is 0.101. The predicted molar refractivity (Wildman–Crippen MR) is 127 cm³/mol. The summed E-state index contributed by atoms with van der Waals surface area (Å²) in [5.74, 6) is 1.70. The zero-order valence-electron chi connectivity index (χ0n) is 19.2. The molecule has 170 valence electrons. The van der Waals surface area contributed by atoms with Crippen molar-refractivity contribution in [2.75, 3.05) is 21.3 Å². The Kier molecular flexibility index (Phi) is 6.38. The average Bonchev–Trinajstić information content (AvgIpc) is 3.13. The number of phenols is 1. The molecule has 0 amide bonds. The van der Waals surface area contributed by atoms with Gasteiger partial charge in [-0.05, 0) is 54.9 Å². The minimum atomic E-state index is -0.204. The molecule has 6 heteroatoms. The van der Waals surface area contributed by atoms with Crippen LogP contribution in [0.4, 0.5) is 0 Å². The van der Waals surface area contributed by atoms with Crippen LogP contribution in [0.3, 0.4) is 0 Å². The fourth-order valence-electron chi connectivity index (χ4n) is 4.05. The largest absolute Gasteiger partial charge is 0.507 e. The summed E-state index contributed by atoms with van der Waals surface area (Å²) >= 11 is 0. The van der Waals surface area contributed by atoms with Gasteiger partial charge in [0.05, 0.1) is 25.3 Å². The molecule has 1 aliphatic rings. The summed E-state index contributed by atoms with van der Waals surface area (Å²) < 4.78 is 16.7. The molecule has 0 spiro atoms. The Bertz CT molecular complexity index is 1220. The van der Waals surface area contributed by atoms with E-state index in [4.69, 9.17) is 14.2 Å². The van der Waals surface area contributed by atoms with Crippen LogP contribution in [0.15, 0.2) is 60.4 Å². The topological polar surface area (TPSA) is 68.2 Å². The van der Waals surface area contributed by atoms with Crippen LogP contribution < -0.4 is 14.2 Å². The molecule has 1 N–H and O–H groups in total. The Hall–Kier alpha value is -3.77. The maximum Gasteiger partial charge on any atom is 0.232 e. The van der Waals surface area contributed by atoms with Crippen molar-refractivity contribution in [1.29, 1.82) is 0 Å². The molecule has 1 aliphatic heterocycles. The maximum atomic E-state index is 13.2. The number of ketones is 1. The Morgan fingerprint density at radius 2 is 1.73 bits per heavy atom. The van der Waals surface area contributed by atoms with Gasteiger partial charge >= 0.3 is 0 Å². The molecule has 0 atom stereocenters. The van der Waals surface area contributed by atoms with Crippen molar-refractivity contribution in [2.24, 2.45) is 0 Å². The van der Waals surface area contributed by atoms with E-state index in [0.29, 0.717) is 47.0 Å². The first kappa shape index (κ1) is 22.4. The molecule has 1 heterocycles. The van der Waals surface area contributed by atoms with E-state index >= 15 is 0 Å². The number of rotatable bonds is 7. The molecule has 4 rings (SSSR count). The van der Waals surface area contributed by atoms with E-state index in [9.17, 15) is 9.90 Å². The molecule has 0 unspecified atom stereocenters. The van der Waals surface area contributed by atoms with Crippen LogP contribution >= 0.6 is 0 Å². The third-order valence-electron chi connectivity index (χ3n) is 5.65. The third-order valence-corrected chi connectivity index (χ3v) is 5.65. The van der Waals surface area contributed by atoms with E-state index in [1.54, 1.807) is 45.4 Å². The molecule has 6 nitrogen and oxygen atoms in total. The molecule has 0 aromatic heterocycles. The number of nitrogens with zero attached hydrogens (tertiary/aromatic N) is 1. The standard InChI is InChI=1S/C27H27NO5/c1-17-12-21(29)20(16-28(2)15-18-8-6-5-7-9-18)27-25(17)26(30)24(33-27)14-19-10-11-22(31-3)23(13-19)32-4/h5-14,29H,15-16H2,1-4H3/b24-14-. The van der Waals surface area contributed by atoms with Gasteiger partial charge in [-0.2, -0.15) is 0 Å². The first-order chi connectivity index (χ1) is 15.9. The SMILES string of the molecule is COc1ccc(/C=C2\Oc3c(CN(C)Cc4ccccc4)c(O)cc(C)c3C2=O)cc1OC. The highest BCUT2D eigenvalue weighted by Gasteiger charge is 2.33. The Morgan fingerprint density at radius 3 is 2.42 bits per heavy atom. The second-order valence-corrected chi connectivity index (χ2v) is 8.11. The molecule has 0 radical (unpaired) electrons.